The van der Waals surface area contributed by atoms with Crippen molar-refractivity contribution in [2.75, 3.05) is 53.0 Å². The maximum Gasteiger partial charge on any atom is 0.344 e. The normalized spacial score (nSPS) is 20.3. The fourth-order valence-electron chi connectivity index (χ4n) is 4.75. The number of amides is 2. The third kappa shape index (κ3) is 5.35. The van der Waals surface area contributed by atoms with Crippen molar-refractivity contribution in [3.05, 3.63) is 51.8 Å². The fourth-order valence-corrected chi connectivity index (χ4v) is 5.12. The maximum atomic E-state index is 13.0. The van der Waals surface area contributed by atoms with Crippen LogP contribution in [0.1, 0.15) is 22.8 Å². The highest BCUT2D eigenvalue weighted by Crippen LogP contribution is 2.33. The van der Waals surface area contributed by atoms with E-state index in [9.17, 15) is 9.59 Å². The molecule has 0 N–H and O–H groups in total. The lowest BCUT2D eigenvalue weighted by Crippen LogP contribution is -2.36. The molecular formula is C23H29Cl2N5O3. The molecule has 178 valence electrons. The van der Waals surface area contributed by atoms with Crippen molar-refractivity contribution in [2.45, 2.75) is 13.5 Å². The lowest BCUT2D eigenvalue weighted by atomic mass is 10.0. The zero-order valence-electron chi connectivity index (χ0n) is 18.9. The summed E-state index contributed by atoms with van der Waals surface area (Å²) in [5.74, 6) is 0.670. The number of ether oxygens (including phenoxy) is 1. The number of aromatic nitrogens is 2. The van der Waals surface area contributed by atoms with Crippen molar-refractivity contribution in [1.82, 2.24) is 24.5 Å². The molecule has 33 heavy (non-hydrogen) atoms. The molecule has 0 spiro atoms. The number of carbonyl (C=O) groups is 2. The highest BCUT2D eigenvalue weighted by molar-refractivity contribution is 6.33. The summed E-state index contributed by atoms with van der Waals surface area (Å²) in [7, 11) is 1.60. The first-order valence-electron chi connectivity index (χ1n) is 11.2. The molecule has 2 aliphatic heterocycles. The Morgan fingerprint density at radius 2 is 1.91 bits per heavy atom. The van der Waals surface area contributed by atoms with Gasteiger partial charge in [-0.15, -0.1) is 0 Å². The third-order valence-electron chi connectivity index (χ3n) is 6.49. The van der Waals surface area contributed by atoms with Crippen LogP contribution < -0.4 is 0 Å². The molecule has 1 aromatic heterocycles. The number of rotatable bonds is 7. The van der Waals surface area contributed by atoms with Crippen LogP contribution in [0, 0.1) is 11.8 Å². The average molecular weight is 494 g/mol. The van der Waals surface area contributed by atoms with Crippen molar-refractivity contribution in [2.24, 2.45) is 11.8 Å². The molecule has 2 aromatic rings. The van der Waals surface area contributed by atoms with Crippen LogP contribution in [0.15, 0.2) is 30.6 Å². The number of carbonyl (C=O) groups excluding carboxylic acids is 2. The number of fused-ring (bicyclic) bond motifs is 1. The Labute approximate surface area is 204 Å². The van der Waals surface area contributed by atoms with E-state index >= 15 is 0 Å². The highest BCUT2D eigenvalue weighted by atomic mass is 35.5. The maximum absolute atomic E-state index is 13.0. The number of hydrogen-bond acceptors (Lipinski definition) is 5. The van der Waals surface area contributed by atoms with Crippen LogP contribution in [0.3, 0.4) is 0 Å². The Bertz CT molecular complexity index is 1000. The van der Waals surface area contributed by atoms with Gasteiger partial charge in [0.1, 0.15) is 0 Å². The van der Waals surface area contributed by atoms with Gasteiger partial charge in [-0.1, -0.05) is 23.2 Å². The van der Waals surface area contributed by atoms with Gasteiger partial charge in [0.15, 0.2) is 0 Å². The lowest BCUT2D eigenvalue weighted by Gasteiger charge is -2.22. The number of methoxy groups -OCH3 is 1. The van der Waals surface area contributed by atoms with Crippen LogP contribution >= 0.6 is 23.2 Å². The van der Waals surface area contributed by atoms with E-state index in [1.54, 1.807) is 18.1 Å². The summed E-state index contributed by atoms with van der Waals surface area (Å²) < 4.78 is 6.35. The van der Waals surface area contributed by atoms with Crippen LogP contribution in [-0.4, -0.2) is 89.4 Å². The minimum Gasteiger partial charge on any atom is -0.383 e. The minimum absolute atomic E-state index is 0.151. The number of likely N-dealkylation sites (N-methyl/N-ethyl adjacent to an activating group) is 1. The van der Waals surface area contributed by atoms with Crippen molar-refractivity contribution in [3.8, 4) is 0 Å². The monoisotopic (exact) mass is 493 g/mol. The number of nitrogens with zero attached hydrogens (tertiary/aromatic N) is 5. The summed E-state index contributed by atoms with van der Waals surface area (Å²) in [5, 5.41) is 5.58. The van der Waals surface area contributed by atoms with Crippen molar-refractivity contribution in [3.63, 3.8) is 0 Å². The molecule has 1 aromatic carbocycles. The second-order valence-electron chi connectivity index (χ2n) is 8.69. The van der Waals surface area contributed by atoms with E-state index in [2.05, 4.69) is 10.00 Å². The summed E-state index contributed by atoms with van der Waals surface area (Å²) in [6.45, 7) is 7.37. The molecule has 0 bridgehead atoms. The van der Waals surface area contributed by atoms with Crippen molar-refractivity contribution < 1.29 is 14.3 Å². The molecule has 2 fully saturated rings. The second-order valence-corrected chi connectivity index (χ2v) is 9.53. The van der Waals surface area contributed by atoms with E-state index in [1.807, 2.05) is 24.0 Å². The molecule has 2 saturated heterocycles. The predicted molar refractivity (Wildman–Crippen MR) is 127 cm³/mol. The Balaban J connectivity index is 1.33. The topological polar surface area (TPSA) is 70.9 Å². The van der Waals surface area contributed by atoms with Crippen LogP contribution in [0.5, 0.6) is 0 Å². The second kappa shape index (κ2) is 10.4. The number of benzene rings is 1. The number of likely N-dealkylation sites (tertiary alicyclic amines) is 2. The molecule has 0 saturated carbocycles. The SMILES string of the molecule is CCN(CCOC)C(=O)c1cnn(C(=O)N2CC3CN(Cc4cc(Cl)ccc4Cl)CC3C2)c1. The molecule has 8 nitrogen and oxygen atoms in total. The van der Waals surface area contributed by atoms with E-state index in [-0.39, 0.29) is 11.9 Å². The van der Waals surface area contributed by atoms with Gasteiger partial charge in [0.2, 0.25) is 0 Å². The van der Waals surface area contributed by atoms with Crippen molar-refractivity contribution in [1.29, 1.82) is 0 Å². The van der Waals surface area contributed by atoms with Gasteiger partial charge in [-0.05, 0) is 42.5 Å². The zero-order chi connectivity index (χ0) is 23.5. The van der Waals surface area contributed by atoms with Gasteiger partial charge in [0.25, 0.3) is 5.91 Å². The van der Waals surface area contributed by atoms with Gasteiger partial charge in [-0.25, -0.2) is 4.79 Å². The highest BCUT2D eigenvalue weighted by Gasteiger charge is 2.42. The first-order chi connectivity index (χ1) is 15.9. The van der Waals surface area contributed by atoms with Crippen LogP contribution in [0.25, 0.3) is 0 Å². The quantitative estimate of drug-likeness (QED) is 0.591. The third-order valence-corrected chi connectivity index (χ3v) is 7.10. The van der Waals surface area contributed by atoms with Gasteiger partial charge in [-0.2, -0.15) is 9.78 Å². The fraction of sp³-hybridized carbons (Fsp3) is 0.522. The van der Waals surface area contributed by atoms with E-state index in [0.29, 0.717) is 55.2 Å². The Hall–Kier alpha value is -2.13. The molecule has 2 atom stereocenters. The van der Waals surface area contributed by atoms with Crippen LogP contribution in [-0.2, 0) is 11.3 Å². The van der Waals surface area contributed by atoms with Gasteiger partial charge >= 0.3 is 6.03 Å². The van der Waals surface area contributed by atoms with Crippen LogP contribution in [0.2, 0.25) is 10.0 Å². The molecular weight excluding hydrogens is 465 g/mol. The van der Waals surface area contributed by atoms with Gasteiger partial charge in [0, 0.05) is 69.2 Å². The molecule has 2 amide bonds. The molecule has 10 heteroatoms. The van der Waals surface area contributed by atoms with Crippen molar-refractivity contribution >= 4 is 35.1 Å². The van der Waals surface area contributed by atoms with E-state index in [4.69, 9.17) is 27.9 Å². The zero-order valence-corrected chi connectivity index (χ0v) is 20.4. The lowest BCUT2D eigenvalue weighted by molar-refractivity contribution is 0.0706. The standard InChI is InChI=1S/C23H29Cl2N5O3/c1-3-28(6-7-33-2)22(31)17-9-26-30(15-17)23(32)29-13-18-11-27(12-19(18)14-29)10-16-8-20(24)4-5-21(16)25/h4-5,8-9,15,18-19H,3,6-7,10-14H2,1-2H3. The summed E-state index contributed by atoms with van der Waals surface area (Å²) >= 11 is 12.4. The molecule has 2 unspecified atom stereocenters. The molecule has 4 rings (SSSR count). The smallest absolute Gasteiger partial charge is 0.344 e. The number of halogens is 2. The summed E-state index contributed by atoms with van der Waals surface area (Å²) in [6, 6.07) is 5.35. The van der Waals surface area contributed by atoms with Gasteiger partial charge < -0.3 is 14.5 Å². The summed E-state index contributed by atoms with van der Waals surface area (Å²) in [6.07, 6.45) is 2.99. The minimum atomic E-state index is -0.187. The predicted octanol–water partition coefficient (Wildman–Crippen LogP) is 3.33. The average Bonchev–Trinajstić information content (AvgIpc) is 3.51. The Morgan fingerprint density at radius 1 is 1.18 bits per heavy atom. The molecule has 3 heterocycles. The van der Waals surface area contributed by atoms with E-state index in [1.165, 1.54) is 17.1 Å². The molecule has 0 radical (unpaired) electrons. The van der Waals surface area contributed by atoms with E-state index in [0.717, 1.165) is 30.2 Å². The molecule has 0 aliphatic carbocycles. The van der Waals surface area contributed by atoms with E-state index < -0.39 is 0 Å². The van der Waals surface area contributed by atoms with Crippen LogP contribution in [0.4, 0.5) is 4.79 Å². The van der Waals surface area contributed by atoms with Gasteiger partial charge in [-0.3, -0.25) is 9.69 Å². The first kappa shape index (κ1) is 24.0. The molecule has 2 aliphatic rings. The largest absolute Gasteiger partial charge is 0.383 e. The Morgan fingerprint density at radius 3 is 2.58 bits per heavy atom. The first-order valence-corrected chi connectivity index (χ1v) is 11.9. The Kier molecular flexibility index (Phi) is 7.58. The number of hydrogen-bond donors (Lipinski definition) is 0. The summed E-state index contributed by atoms with van der Waals surface area (Å²) in [5.41, 5.74) is 1.43. The summed E-state index contributed by atoms with van der Waals surface area (Å²) in [4.78, 5) is 31.6. The van der Waals surface area contributed by atoms with Gasteiger partial charge in [0.05, 0.1) is 18.4 Å².